The number of hydrogen-bond acceptors (Lipinski definition) is 2. The first-order chi connectivity index (χ1) is 5.63. The van der Waals surface area contributed by atoms with E-state index in [0.29, 0.717) is 10.6 Å². The van der Waals surface area contributed by atoms with Crippen LogP contribution in [-0.2, 0) is 0 Å². The van der Waals surface area contributed by atoms with Gasteiger partial charge in [0.25, 0.3) is 5.91 Å². The molecule has 0 fully saturated rings. The number of hydrazine groups is 1. The van der Waals surface area contributed by atoms with E-state index in [-0.39, 0.29) is 5.91 Å². The molecule has 0 spiro atoms. The Morgan fingerprint density at radius 1 is 1.50 bits per heavy atom. The lowest BCUT2D eigenvalue weighted by Gasteiger charge is -2.00. The molecule has 0 radical (unpaired) electrons. The van der Waals surface area contributed by atoms with Crippen molar-refractivity contribution in [1.29, 1.82) is 0 Å². The van der Waals surface area contributed by atoms with Crippen molar-refractivity contribution in [2.24, 2.45) is 5.84 Å². The Bertz CT molecular complexity index is 296. The lowest BCUT2D eigenvalue weighted by molar-refractivity contribution is 0.0953. The number of nitrogens with one attached hydrogen (secondary N) is 1. The summed E-state index contributed by atoms with van der Waals surface area (Å²) in [5.41, 5.74) is 2.50. The van der Waals surface area contributed by atoms with E-state index < -0.39 is 0 Å². The zero-order valence-corrected chi connectivity index (χ0v) is 8.89. The van der Waals surface area contributed by atoms with Crippen LogP contribution in [0.2, 0.25) is 5.02 Å². The number of carbonyl (C=O) groups excluding carboxylic acids is 1. The summed E-state index contributed by atoms with van der Waals surface area (Å²) in [4.78, 5) is 11.0. The Hall–Kier alpha value is -0.330. The van der Waals surface area contributed by atoms with E-state index in [1.807, 2.05) is 5.43 Å². The molecule has 0 aliphatic heterocycles. The highest BCUT2D eigenvalue weighted by Crippen LogP contribution is 2.16. The van der Waals surface area contributed by atoms with Gasteiger partial charge in [-0.15, -0.1) is 0 Å². The monoisotopic (exact) mass is 296 g/mol. The lowest BCUT2D eigenvalue weighted by Crippen LogP contribution is -2.29. The van der Waals surface area contributed by atoms with Crippen LogP contribution in [0, 0.1) is 3.57 Å². The number of nitrogens with two attached hydrogens (primary N) is 1. The molecular formula is C7H6ClIN2O. The van der Waals surface area contributed by atoms with E-state index in [1.165, 1.54) is 0 Å². The summed E-state index contributed by atoms with van der Waals surface area (Å²) in [6.45, 7) is 0. The average Bonchev–Trinajstić information content (AvgIpc) is 2.01. The van der Waals surface area contributed by atoms with Gasteiger partial charge in [-0.2, -0.15) is 0 Å². The molecule has 1 aromatic carbocycles. The standard InChI is InChI=1S/C7H6ClIN2O/c8-5-1-4(7(12)11-10)2-6(9)3-5/h1-3H,10H2,(H,11,12). The van der Waals surface area contributed by atoms with E-state index in [0.717, 1.165) is 3.57 Å². The van der Waals surface area contributed by atoms with Gasteiger partial charge in [-0.05, 0) is 40.8 Å². The summed E-state index contributed by atoms with van der Waals surface area (Å²) in [5.74, 6) is 4.62. The van der Waals surface area contributed by atoms with Crippen LogP contribution in [0.25, 0.3) is 0 Å². The van der Waals surface area contributed by atoms with Crippen LogP contribution in [-0.4, -0.2) is 5.91 Å². The average molecular weight is 296 g/mol. The fourth-order valence-electron chi connectivity index (χ4n) is 0.768. The number of halogens is 2. The van der Waals surface area contributed by atoms with Crippen molar-refractivity contribution in [3.8, 4) is 0 Å². The lowest BCUT2D eigenvalue weighted by atomic mass is 10.2. The molecule has 64 valence electrons. The van der Waals surface area contributed by atoms with Crippen molar-refractivity contribution in [1.82, 2.24) is 5.43 Å². The van der Waals surface area contributed by atoms with E-state index in [2.05, 4.69) is 22.6 Å². The van der Waals surface area contributed by atoms with Gasteiger partial charge >= 0.3 is 0 Å². The molecule has 0 aliphatic carbocycles. The van der Waals surface area contributed by atoms with Gasteiger partial charge in [0.1, 0.15) is 0 Å². The fourth-order valence-corrected chi connectivity index (χ4v) is 1.86. The maximum atomic E-state index is 11.0. The molecule has 1 aromatic rings. The second-order valence-electron chi connectivity index (χ2n) is 2.13. The number of benzene rings is 1. The molecule has 0 saturated carbocycles. The largest absolute Gasteiger partial charge is 0.290 e. The molecule has 5 heteroatoms. The Morgan fingerprint density at radius 2 is 2.17 bits per heavy atom. The van der Waals surface area contributed by atoms with Gasteiger partial charge in [-0.3, -0.25) is 10.2 Å². The van der Waals surface area contributed by atoms with Crippen LogP contribution < -0.4 is 11.3 Å². The highest BCUT2D eigenvalue weighted by molar-refractivity contribution is 14.1. The Labute approximate surface area is 88.4 Å². The SMILES string of the molecule is NNC(=O)c1cc(Cl)cc(I)c1. The second kappa shape index (κ2) is 4.06. The molecule has 0 aliphatic rings. The first-order valence-electron chi connectivity index (χ1n) is 3.10. The van der Waals surface area contributed by atoms with Crippen LogP contribution in [0.3, 0.4) is 0 Å². The van der Waals surface area contributed by atoms with Gasteiger partial charge < -0.3 is 0 Å². The summed E-state index contributed by atoms with van der Waals surface area (Å²) >= 11 is 7.80. The normalized spacial score (nSPS) is 9.58. The summed E-state index contributed by atoms with van der Waals surface area (Å²) < 4.78 is 0.902. The van der Waals surface area contributed by atoms with Crippen molar-refractivity contribution in [3.63, 3.8) is 0 Å². The molecule has 0 bridgehead atoms. The molecule has 0 unspecified atom stereocenters. The van der Waals surface area contributed by atoms with Crippen molar-refractivity contribution >= 4 is 40.1 Å². The molecule has 1 rings (SSSR count). The predicted molar refractivity (Wildman–Crippen MR) is 55.8 cm³/mol. The van der Waals surface area contributed by atoms with Gasteiger partial charge in [0, 0.05) is 14.2 Å². The molecule has 1 amide bonds. The van der Waals surface area contributed by atoms with Crippen LogP contribution in [0.5, 0.6) is 0 Å². The minimum absolute atomic E-state index is 0.338. The first kappa shape index (κ1) is 9.76. The van der Waals surface area contributed by atoms with Crippen molar-refractivity contribution in [2.75, 3.05) is 0 Å². The number of amides is 1. The van der Waals surface area contributed by atoms with Crippen LogP contribution >= 0.6 is 34.2 Å². The maximum Gasteiger partial charge on any atom is 0.265 e. The van der Waals surface area contributed by atoms with E-state index in [4.69, 9.17) is 17.4 Å². The third kappa shape index (κ3) is 2.33. The molecule has 0 aromatic heterocycles. The molecule has 0 heterocycles. The zero-order chi connectivity index (χ0) is 9.14. The van der Waals surface area contributed by atoms with E-state index >= 15 is 0 Å². The minimum atomic E-state index is -0.338. The van der Waals surface area contributed by atoms with Gasteiger partial charge in [0.2, 0.25) is 0 Å². The molecule has 12 heavy (non-hydrogen) atoms. The zero-order valence-electron chi connectivity index (χ0n) is 5.97. The topological polar surface area (TPSA) is 55.1 Å². The highest BCUT2D eigenvalue weighted by atomic mass is 127. The fraction of sp³-hybridized carbons (Fsp3) is 0. The predicted octanol–water partition coefficient (Wildman–Crippen LogP) is 1.55. The van der Waals surface area contributed by atoms with Crippen molar-refractivity contribution in [2.45, 2.75) is 0 Å². The second-order valence-corrected chi connectivity index (χ2v) is 3.81. The molecule has 3 nitrogen and oxygen atoms in total. The molecule has 0 saturated heterocycles. The van der Waals surface area contributed by atoms with E-state index in [1.54, 1.807) is 18.2 Å². The third-order valence-corrected chi connectivity index (χ3v) is 2.10. The van der Waals surface area contributed by atoms with Gasteiger partial charge in [-0.25, -0.2) is 5.84 Å². The number of carbonyl (C=O) groups is 1. The number of nitrogen functional groups attached to an aromatic ring is 1. The van der Waals surface area contributed by atoms with Crippen molar-refractivity contribution < 1.29 is 4.79 Å². The number of rotatable bonds is 1. The number of hydrogen-bond donors (Lipinski definition) is 2. The van der Waals surface area contributed by atoms with Gasteiger partial charge in [-0.1, -0.05) is 11.6 Å². The Balaban J connectivity index is 3.08. The Morgan fingerprint density at radius 3 is 2.67 bits per heavy atom. The van der Waals surface area contributed by atoms with Crippen LogP contribution in [0.1, 0.15) is 10.4 Å². The first-order valence-corrected chi connectivity index (χ1v) is 4.56. The quantitative estimate of drug-likeness (QED) is 0.357. The third-order valence-electron chi connectivity index (χ3n) is 1.26. The van der Waals surface area contributed by atoms with Crippen LogP contribution in [0.4, 0.5) is 0 Å². The summed E-state index contributed by atoms with van der Waals surface area (Å²) in [5, 5.41) is 0.528. The smallest absolute Gasteiger partial charge is 0.265 e. The summed E-state index contributed by atoms with van der Waals surface area (Å²) in [6, 6.07) is 5.02. The van der Waals surface area contributed by atoms with Gasteiger partial charge in [0.15, 0.2) is 0 Å². The van der Waals surface area contributed by atoms with E-state index in [9.17, 15) is 4.79 Å². The molecule has 3 N–H and O–H groups in total. The van der Waals surface area contributed by atoms with Crippen molar-refractivity contribution in [3.05, 3.63) is 32.4 Å². The summed E-state index contributed by atoms with van der Waals surface area (Å²) in [6.07, 6.45) is 0. The maximum absolute atomic E-state index is 11.0. The Kier molecular flexibility index (Phi) is 3.30. The van der Waals surface area contributed by atoms with Crippen LogP contribution in [0.15, 0.2) is 18.2 Å². The highest BCUT2D eigenvalue weighted by Gasteiger charge is 2.04. The summed E-state index contributed by atoms with van der Waals surface area (Å²) in [7, 11) is 0. The molecule has 0 atom stereocenters. The minimum Gasteiger partial charge on any atom is -0.290 e. The van der Waals surface area contributed by atoms with Gasteiger partial charge in [0.05, 0.1) is 0 Å². The molecular weight excluding hydrogens is 290 g/mol.